The highest BCUT2D eigenvalue weighted by Gasteiger charge is 2.40. The second-order valence-electron chi connectivity index (χ2n) is 7.25. The van der Waals surface area contributed by atoms with Crippen LogP contribution in [0.2, 0.25) is 0 Å². The molecule has 2 aromatic carbocycles. The van der Waals surface area contributed by atoms with Gasteiger partial charge in [0.1, 0.15) is 11.5 Å². The molecule has 0 radical (unpaired) electrons. The van der Waals surface area contributed by atoms with Gasteiger partial charge in [-0.3, -0.25) is 29.5 Å². The molecule has 0 spiro atoms. The van der Waals surface area contributed by atoms with Crippen LogP contribution in [0, 0.1) is 10.1 Å². The molecule has 1 fully saturated rings. The zero-order chi connectivity index (χ0) is 21.4. The largest absolute Gasteiger partial charge is 0.497 e. The molecular formula is C21H21N3O6. The van der Waals surface area contributed by atoms with Crippen molar-refractivity contribution in [3.63, 3.8) is 0 Å². The molecule has 4 rings (SSSR count). The first-order chi connectivity index (χ1) is 14.4. The van der Waals surface area contributed by atoms with Crippen LogP contribution in [0.4, 0.5) is 5.69 Å². The summed E-state index contributed by atoms with van der Waals surface area (Å²) in [5.74, 6) is 0.464. The first kappa shape index (κ1) is 19.8. The molecule has 9 heteroatoms. The third-order valence-electron chi connectivity index (χ3n) is 5.65. The Hall–Kier alpha value is -3.46. The number of ether oxygens (including phenoxy) is 2. The molecular weight excluding hydrogens is 390 g/mol. The van der Waals surface area contributed by atoms with E-state index in [0.717, 1.165) is 23.3 Å². The minimum atomic E-state index is -0.577. The van der Waals surface area contributed by atoms with Gasteiger partial charge in [-0.2, -0.15) is 0 Å². The molecule has 0 aromatic heterocycles. The monoisotopic (exact) mass is 411 g/mol. The number of rotatable bonds is 6. The molecule has 2 heterocycles. The van der Waals surface area contributed by atoms with Gasteiger partial charge in [-0.25, -0.2) is 0 Å². The van der Waals surface area contributed by atoms with Gasteiger partial charge in [0.2, 0.25) is 0 Å². The lowest BCUT2D eigenvalue weighted by molar-refractivity contribution is -0.384. The molecule has 2 aliphatic heterocycles. The van der Waals surface area contributed by atoms with E-state index in [9.17, 15) is 19.7 Å². The Kier molecular flexibility index (Phi) is 5.13. The maximum atomic E-state index is 12.8. The molecule has 30 heavy (non-hydrogen) atoms. The van der Waals surface area contributed by atoms with Gasteiger partial charge < -0.3 is 9.47 Å². The number of amides is 2. The summed E-state index contributed by atoms with van der Waals surface area (Å²) in [5.41, 5.74) is 0.989. The van der Waals surface area contributed by atoms with E-state index in [1.165, 1.54) is 18.2 Å². The van der Waals surface area contributed by atoms with Crippen LogP contribution in [0.3, 0.4) is 0 Å². The second-order valence-corrected chi connectivity index (χ2v) is 7.25. The van der Waals surface area contributed by atoms with Gasteiger partial charge in [-0.1, -0.05) is 0 Å². The Morgan fingerprint density at radius 1 is 1.07 bits per heavy atom. The number of hydrogen-bond donors (Lipinski definition) is 0. The first-order valence-corrected chi connectivity index (χ1v) is 9.55. The van der Waals surface area contributed by atoms with Crippen LogP contribution >= 0.6 is 0 Å². The fourth-order valence-electron chi connectivity index (χ4n) is 4.15. The van der Waals surface area contributed by atoms with Gasteiger partial charge in [-0.15, -0.1) is 0 Å². The summed E-state index contributed by atoms with van der Waals surface area (Å²) in [7, 11) is 3.19. The highest BCUT2D eigenvalue weighted by Crippen LogP contribution is 2.39. The minimum Gasteiger partial charge on any atom is -0.497 e. The van der Waals surface area contributed by atoms with Crippen molar-refractivity contribution in [3.05, 3.63) is 63.2 Å². The van der Waals surface area contributed by atoms with Crippen molar-refractivity contribution in [2.24, 2.45) is 0 Å². The Labute approximate surface area is 172 Å². The quantitative estimate of drug-likeness (QED) is 0.409. The molecule has 0 aliphatic carbocycles. The average molecular weight is 411 g/mol. The minimum absolute atomic E-state index is 0.0475. The van der Waals surface area contributed by atoms with Crippen molar-refractivity contribution in [2.45, 2.75) is 18.9 Å². The van der Waals surface area contributed by atoms with Crippen molar-refractivity contribution in [3.8, 4) is 11.5 Å². The molecule has 0 N–H and O–H groups in total. The van der Waals surface area contributed by atoms with Gasteiger partial charge >= 0.3 is 0 Å². The standard InChI is InChI=1S/C21H21N3O6/c1-29-14-6-8-19(30-2)17(11-14)18-4-3-9-22(18)12-23-20(25)15-7-5-13(24(27)28)10-16(15)21(23)26/h5-8,10-11,18H,3-4,9,12H2,1-2H3/t18-/m0/s1. The number of methoxy groups -OCH3 is 2. The number of nitro groups is 1. The highest BCUT2D eigenvalue weighted by molar-refractivity contribution is 6.21. The number of nitro benzene ring substituents is 1. The summed E-state index contributed by atoms with van der Waals surface area (Å²) >= 11 is 0. The predicted octanol–water partition coefficient (Wildman–Crippen LogP) is 3.00. The normalized spacial score (nSPS) is 18.6. The Balaban J connectivity index is 1.61. The van der Waals surface area contributed by atoms with E-state index in [1.807, 2.05) is 23.1 Å². The van der Waals surface area contributed by atoms with Crippen LogP contribution in [-0.4, -0.2) is 54.0 Å². The van der Waals surface area contributed by atoms with E-state index in [0.29, 0.717) is 18.0 Å². The molecule has 1 atom stereocenters. The maximum absolute atomic E-state index is 12.8. The van der Waals surface area contributed by atoms with Crippen LogP contribution in [0.1, 0.15) is 45.2 Å². The fraction of sp³-hybridized carbons (Fsp3) is 0.333. The summed E-state index contributed by atoms with van der Waals surface area (Å²) in [6, 6.07) is 9.28. The number of carbonyl (C=O) groups excluding carboxylic acids is 2. The third kappa shape index (κ3) is 3.26. The fourth-order valence-corrected chi connectivity index (χ4v) is 4.15. The van der Waals surface area contributed by atoms with Crippen LogP contribution in [0.5, 0.6) is 11.5 Å². The lowest BCUT2D eigenvalue weighted by Gasteiger charge is -2.29. The lowest BCUT2D eigenvalue weighted by Crippen LogP contribution is -2.41. The van der Waals surface area contributed by atoms with Gasteiger partial charge in [0.25, 0.3) is 17.5 Å². The number of likely N-dealkylation sites (tertiary alicyclic amines) is 1. The number of imide groups is 1. The van der Waals surface area contributed by atoms with E-state index in [-0.39, 0.29) is 29.5 Å². The summed E-state index contributed by atoms with van der Waals surface area (Å²) < 4.78 is 10.9. The van der Waals surface area contributed by atoms with Crippen LogP contribution in [0.15, 0.2) is 36.4 Å². The van der Waals surface area contributed by atoms with Gasteiger partial charge in [0, 0.05) is 30.3 Å². The number of hydrogen-bond acceptors (Lipinski definition) is 7. The second kappa shape index (κ2) is 7.75. The molecule has 2 aliphatic rings. The topological polar surface area (TPSA) is 102 Å². The maximum Gasteiger partial charge on any atom is 0.270 e. The molecule has 156 valence electrons. The van der Waals surface area contributed by atoms with Crippen LogP contribution < -0.4 is 9.47 Å². The van der Waals surface area contributed by atoms with Crippen LogP contribution in [-0.2, 0) is 0 Å². The Morgan fingerprint density at radius 3 is 2.53 bits per heavy atom. The number of nitrogens with zero attached hydrogens (tertiary/aromatic N) is 3. The lowest BCUT2D eigenvalue weighted by atomic mass is 10.0. The van der Waals surface area contributed by atoms with Crippen molar-refractivity contribution in [1.82, 2.24) is 9.80 Å². The van der Waals surface area contributed by atoms with Crippen molar-refractivity contribution in [2.75, 3.05) is 27.4 Å². The zero-order valence-corrected chi connectivity index (χ0v) is 16.7. The molecule has 2 aromatic rings. The number of non-ortho nitro benzene ring substituents is 1. The van der Waals surface area contributed by atoms with E-state index < -0.39 is 16.7 Å². The zero-order valence-electron chi connectivity index (χ0n) is 16.7. The predicted molar refractivity (Wildman–Crippen MR) is 107 cm³/mol. The summed E-state index contributed by atoms with van der Waals surface area (Å²) in [5, 5.41) is 11.0. The SMILES string of the molecule is COc1ccc(OC)c([C@@H]2CCCN2CN2C(=O)c3ccc([N+](=O)[O-])cc3C2=O)c1. The summed E-state index contributed by atoms with van der Waals surface area (Å²) in [6.45, 7) is 0.809. The van der Waals surface area contributed by atoms with Crippen molar-refractivity contribution >= 4 is 17.5 Å². The van der Waals surface area contributed by atoms with Crippen LogP contribution in [0.25, 0.3) is 0 Å². The smallest absolute Gasteiger partial charge is 0.270 e. The molecule has 0 unspecified atom stereocenters. The Morgan fingerprint density at radius 2 is 1.83 bits per heavy atom. The molecule has 9 nitrogen and oxygen atoms in total. The molecule has 2 amide bonds. The molecule has 0 bridgehead atoms. The Bertz CT molecular complexity index is 1040. The molecule has 0 saturated carbocycles. The number of carbonyl (C=O) groups is 2. The van der Waals surface area contributed by atoms with Crippen molar-refractivity contribution in [1.29, 1.82) is 0 Å². The average Bonchev–Trinajstić information content (AvgIpc) is 3.31. The van der Waals surface area contributed by atoms with Gasteiger partial charge in [0.15, 0.2) is 0 Å². The van der Waals surface area contributed by atoms with Gasteiger partial charge in [-0.05, 0) is 37.1 Å². The van der Waals surface area contributed by atoms with E-state index in [2.05, 4.69) is 0 Å². The first-order valence-electron chi connectivity index (χ1n) is 9.55. The molecule has 1 saturated heterocycles. The van der Waals surface area contributed by atoms with E-state index >= 15 is 0 Å². The third-order valence-corrected chi connectivity index (χ3v) is 5.65. The number of benzene rings is 2. The van der Waals surface area contributed by atoms with E-state index in [1.54, 1.807) is 14.2 Å². The van der Waals surface area contributed by atoms with Gasteiger partial charge in [0.05, 0.1) is 36.9 Å². The van der Waals surface area contributed by atoms with E-state index in [4.69, 9.17) is 9.47 Å². The highest BCUT2D eigenvalue weighted by atomic mass is 16.6. The summed E-state index contributed by atoms with van der Waals surface area (Å²) in [4.78, 5) is 39.3. The number of fused-ring (bicyclic) bond motifs is 1. The van der Waals surface area contributed by atoms with Crippen molar-refractivity contribution < 1.29 is 24.0 Å². The summed E-state index contributed by atoms with van der Waals surface area (Å²) in [6.07, 6.45) is 1.75.